The zero-order chi connectivity index (χ0) is 11.4. The van der Waals surface area contributed by atoms with Crippen LogP contribution in [-0.4, -0.2) is 13.6 Å². The van der Waals surface area contributed by atoms with E-state index in [-0.39, 0.29) is 0 Å². The van der Waals surface area contributed by atoms with Crippen LogP contribution >= 0.6 is 0 Å². The summed E-state index contributed by atoms with van der Waals surface area (Å²) in [6.45, 7) is 2.01. The van der Waals surface area contributed by atoms with E-state index >= 15 is 0 Å². The normalized spacial score (nSPS) is 9.81. The highest BCUT2D eigenvalue weighted by Crippen LogP contribution is 2.21. The summed E-state index contributed by atoms with van der Waals surface area (Å²) in [4.78, 5) is 10.9. The topological polar surface area (TPSA) is 17.1 Å². The maximum absolute atomic E-state index is 10.9. The van der Waals surface area contributed by atoms with Crippen LogP contribution in [0.2, 0.25) is 6.82 Å². The first-order chi connectivity index (χ1) is 7.85. The summed E-state index contributed by atoms with van der Waals surface area (Å²) in [5.74, 6) is 0. The first-order valence-electron chi connectivity index (χ1n) is 5.29. The average Bonchev–Trinajstić information content (AvgIpc) is 2.39. The molecule has 0 amide bonds. The monoisotopic (exact) mass is 207 g/mol. The van der Waals surface area contributed by atoms with Crippen molar-refractivity contribution in [3.8, 4) is 11.1 Å². The van der Waals surface area contributed by atoms with Gasteiger partial charge in [0.25, 0.3) is 0 Å². The Balaban J connectivity index is 2.46. The number of hydrogen-bond donors (Lipinski definition) is 0. The Bertz CT molecular complexity index is 488. The summed E-state index contributed by atoms with van der Waals surface area (Å²) in [7, 11) is 2.05. The Hall–Kier alpha value is -1.83. The molecule has 0 bridgehead atoms. The smallest absolute Gasteiger partial charge is 0.150 e. The van der Waals surface area contributed by atoms with Gasteiger partial charge in [-0.15, -0.1) is 0 Å². The molecular weight excluding hydrogens is 195 g/mol. The molecule has 0 unspecified atom stereocenters. The highest BCUT2D eigenvalue weighted by Gasteiger charge is 2.02. The second-order valence-corrected chi connectivity index (χ2v) is 3.62. The fourth-order valence-electron chi connectivity index (χ4n) is 1.72. The number of aldehydes is 1. The molecule has 2 aromatic rings. The van der Waals surface area contributed by atoms with Gasteiger partial charge in [0.2, 0.25) is 0 Å². The lowest BCUT2D eigenvalue weighted by Gasteiger charge is -2.05. The standard InChI is InChI=1S/C14H12BO/c1-15-13-8-6-11(7-9-13)14-5-3-2-4-12(14)10-16/h2-10H,1H3. The minimum atomic E-state index is 0.732. The van der Waals surface area contributed by atoms with Crippen LogP contribution in [0.1, 0.15) is 10.4 Å². The van der Waals surface area contributed by atoms with Crippen molar-refractivity contribution in [2.24, 2.45) is 0 Å². The highest BCUT2D eigenvalue weighted by molar-refractivity contribution is 6.51. The summed E-state index contributed by atoms with van der Waals surface area (Å²) >= 11 is 0. The van der Waals surface area contributed by atoms with Crippen LogP contribution in [0, 0.1) is 0 Å². The van der Waals surface area contributed by atoms with Gasteiger partial charge in [-0.3, -0.25) is 4.79 Å². The third-order valence-electron chi connectivity index (χ3n) is 2.64. The Morgan fingerprint density at radius 2 is 1.69 bits per heavy atom. The maximum atomic E-state index is 10.9. The third-order valence-corrected chi connectivity index (χ3v) is 2.64. The first kappa shape index (κ1) is 10.7. The van der Waals surface area contributed by atoms with Crippen molar-refractivity contribution in [2.45, 2.75) is 6.82 Å². The summed E-state index contributed by atoms with van der Waals surface area (Å²) in [5.41, 5.74) is 3.98. The van der Waals surface area contributed by atoms with Crippen LogP contribution in [0.3, 0.4) is 0 Å². The fraction of sp³-hybridized carbons (Fsp3) is 0.0714. The van der Waals surface area contributed by atoms with E-state index in [0.717, 1.165) is 23.0 Å². The van der Waals surface area contributed by atoms with Crippen molar-refractivity contribution in [2.75, 3.05) is 0 Å². The predicted molar refractivity (Wildman–Crippen MR) is 68.5 cm³/mol. The molecule has 0 N–H and O–H groups in total. The molecule has 0 aliphatic heterocycles. The van der Waals surface area contributed by atoms with Crippen molar-refractivity contribution in [1.82, 2.24) is 0 Å². The van der Waals surface area contributed by atoms with E-state index in [2.05, 4.69) is 19.4 Å². The van der Waals surface area contributed by atoms with E-state index in [0.29, 0.717) is 0 Å². The molecule has 77 valence electrons. The van der Waals surface area contributed by atoms with Gasteiger partial charge < -0.3 is 0 Å². The van der Waals surface area contributed by atoms with Gasteiger partial charge in [-0.2, -0.15) is 0 Å². The number of benzene rings is 2. The molecule has 16 heavy (non-hydrogen) atoms. The van der Waals surface area contributed by atoms with E-state index < -0.39 is 0 Å². The van der Waals surface area contributed by atoms with E-state index in [9.17, 15) is 4.79 Å². The third kappa shape index (κ3) is 2.06. The van der Waals surface area contributed by atoms with Gasteiger partial charge in [0, 0.05) is 5.56 Å². The highest BCUT2D eigenvalue weighted by atomic mass is 16.1. The Kier molecular flexibility index (Phi) is 3.20. The van der Waals surface area contributed by atoms with Crippen LogP contribution in [0.5, 0.6) is 0 Å². The first-order valence-corrected chi connectivity index (χ1v) is 5.29. The van der Waals surface area contributed by atoms with Gasteiger partial charge in [-0.25, -0.2) is 0 Å². The number of rotatable bonds is 3. The van der Waals surface area contributed by atoms with Crippen LogP contribution in [-0.2, 0) is 0 Å². The molecule has 0 aromatic heterocycles. The number of carbonyl (C=O) groups excluding carboxylic acids is 1. The van der Waals surface area contributed by atoms with Crippen LogP contribution in [0.4, 0.5) is 0 Å². The lowest BCUT2D eigenvalue weighted by atomic mass is 9.73. The van der Waals surface area contributed by atoms with Gasteiger partial charge in [0.15, 0.2) is 6.29 Å². The van der Waals surface area contributed by atoms with Gasteiger partial charge in [-0.05, 0) is 11.1 Å². The van der Waals surface area contributed by atoms with Crippen molar-refractivity contribution in [3.05, 3.63) is 54.1 Å². The van der Waals surface area contributed by atoms with Gasteiger partial charge >= 0.3 is 0 Å². The second kappa shape index (κ2) is 4.80. The molecule has 0 spiro atoms. The van der Waals surface area contributed by atoms with Crippen molar-refractivity contribution >= 4 is 19.0 Å². The summed E-state index contributed by atoms with van der Waals surface area (Å²) in [6, 6.07) is 15.8. The quantitative estimate of drug-likeness (QED) is 0.558. The van der Waals surface area contributed by atoms with Crippen LogP contribution < -0.4 is 5.46 Å². The van der Waals surface area contributed by atoms with Crippen LogP contribution in [0.25, 0.3) is 11.1 Å². The minimum absolute atomic E-state index is 0.732. The summed E-state index contributed by atoms with van der Waals surface area (Å²) < 4.78 is 0. The predicted octanol–water partition coefficient (Wildman–Crippen LogP) is 2.54. The molecule has 0 saturated heterocycles. The molecule has 0 atom stereocenters. The van der Waals surface area contributed by atoms with Gasteiger partial charge in [0.05, 0.1) is 0 Å². The lowest BCUT2D eigenvalue weighted by molar-refractivity contribution is 0.112. The van der Waals surface area contributed by atoms with Gasteiger partial charge in [-0.1, -0.05) is 60.8 Å². The summed E-state index contributed by atoms with van der Waals surface area (Å²) in [5, 5.41) is 0. The molecule has 0 aliphatic rings. The van der Waals surface area contributed by atoms with Crippen molar-refractivity contribution < 1.29 is 4.79 Å². The maximum Gasteiger partial charge on any atom is 0.150 e. The van der Waals surface area contributed by atoms with Crippen molar-refractivity contribution in [3.63, 3.8) is 0 Å². The fourth-order valence-corrected chi connectivity index (χ4v) is 1.72. The molecule has 0 heterocycles. The van der Waals surface area contributed by atoms with E-state index in [1.54, 1.807) is 0 Å². The zero-order valence-electron chi connectivity index (χ0n) is 9.18. The minimum Gasteiger partial charge on any atom is -0.298 e. The van der Waals surface area contributed by atoms with E-state index in [1.165, 1.54) is 5.46 Å². The molecule has 2 heteroatoms. The van der Waals surface area contributed by atoms with Crippen LogP contribution in [0.15, 0.2) is 48.5 Å². The zero-order valence-corrected chi connectivity index (χ0v) is 9.18. The summed E-state index contributed by atoms with van der Waals surface area (Å²) in [6.07, 6.45) is 0.898. The van der Waals surface area contributed by atoms with Crippen molar-refractivity contribution in [1.29, 1.82) is 0 Å². The molecule has 2 rings (SSSR count). The average molecular weight is 207 g/mol. The molecule has 0 aliphatic carbocycles. The molecule has 2 aromatic carbocycles. The van der Waals surface area contributed by atoms with Gasteiger partial charge in [0.1, 0.15) is 7.28 Å². The Morgan fingerprint density at radius 3 is 2.31 bits per heavy atom. The van der Waals surface area contributed by atoms with E-state index in [1.807, 2.05) is 43.2 Å². The Labute approximate surface area is 96.4 Å². The molecule has 1 radical (unpaired) electrons. The molecule has 0 fully saturated rings. The van der Waals surface area contributed by atoms with E-state index in [4.69, 9.17) is 0 Å². The Morgan fingerprint density at radius 1 is 1.00 bits per heavy atom. The molecule has 1 nitrogen and oxygen atoms in total. The largest absolute Gasteiger partial charge is 0.298 e. The SMILES string of the molecule is C[B]c1ccc(-c2ccccc2C=O)cc1. The molecular formula is C14H12BO. The molecule has 0 saturated carbocycles. The second-order valence-electron chi connectivity index (χ2n) is 3.62. The number of carbonyl (C=O) groups is 1. The lowest BCUT2D eigenvalue weighted by Crippen LogP contribution is -2.08. The number of hydrogen-bond acceptors (Lipinski definition) is 1.